The predicted octanol–water partition coefficient (Wildman–Crippen LogP) is 1.30. The van der Waals surface area contributed by atoms with Crippen molar-refractivity contribution in [2.24, 2.45) is 15.9 Å². The summed E-state index contributed by atoms with van der Waals surface area (Å²) in [6.45, 7) is 0. The van der Waals surface area contributed by atoms with Crippen LogP contribution in [0.3, 0.4) is 0 Å². The van der Waals surface area contributed by atoms with Crippen LogP contribution in [-0.4, -0.2) is 17.7 Å². The largest absolute Gasteiger partial charge is 0.294 e. The lowest BCUT2D eigenvalue weighted by Crippen LogP contribution is -2.26. The molecule has 0 aromatic carbocycles. The number of halogens is 1. The van der Waals surface area contributed by atoms with Gasteiger partial charge in [-0.1, -0.05) is 11.6 Å². The molecule has 2 aliphatic heterocycles. The molecule has 0 saturated heterocycles. The molecule has 1 unspecified atom stereocenters. The van der Waals surface area contributed by atoms with Crippen LogP contribution in [0.5, 0.6) is 0 Å². The van der Waals surface area contributed by atoms with Gasteiger partial charge in [-0.3, -0.25) is 9.79 Å². The molecule has 0 saturated carbocycles. The Balaban J connectivity index is 2.43. The maximum Gasteiger partial charge on any atom is 0.171 e. The molecule has 0 radical (unpaired) electrons. The van der Waals surface area contributed by atoms with E-state index in [0.717, 1.165) is 0 Å². The van der Waals surface area contributed by atoms with E-state index >= 15 is 0 Å². The zero-order valence-corrected chi connectivity index (χ0v) is 6.82. The van der Waals surface area contributed by atoms with E-state index < -0.39 is 0 Å². The first-order chi connectivity index (χ1) is 5.77. The Morgan fingerprint density at radius 1 is 1.50 bits per heavy atom. The first-order valence-electron chi connectivity index (χ1n) is 3.47. The van der Waals surface area contributed by atoms with E-state index in [1.165, 1.54) is 18.5 Å². The molecule has 0 bridgehead atoms. The van der Waals surface area contributed by atoms with Gasteiger partial charge < -0.3 is 0 Å². The van der Waals surface area contributed by atoms with E-state index in [0.29, 0.717) is 10.9 Å². The number of hydrogen-bond acceptors (Lipinski definition) is 3. The monoisotopic (exact) mass is 180 g/mol. The zero-order valence-electron chi connectivity index (χ0n) is 6.07. The van der Waals surface area contributed by atoms with E-state index in [1.54, 1.807) is 6.08 Å². The highest BCUT2D eigenvalue weighted by Gasteiger charge is 2.24. The average Bonchev–Trinajstić information content (AvgIpc) is 2.04. The van der Waals surface area contributed by atoms with Crippen LogP contribution in [0.1, 0.15) is 0 Å². The van der Waals surface area contributed by atoms with E-state index in [4.69, 9.17) is 11.6 Å². The molecular formula is C8H5ClN2O. The quantitative estimate of drug-likeness (QED) is 0.518. The van der Waals surface area contributed by atoms with Gasteiger partial charge in [-0.05, 0) is 6.08 Å². The van der Waals surface area contributed by atoms with Gasteiger partial charge in [0.15, 0.2) is 5.78 Å². The lowest BCUT2D eigenvalue weighted by Gasteiger charge is -2.14. The first kappa shape index (κ1) is 7.43. The van der Waals surface area contributed by atoms with Gasteiger partial charge in [0.05, 0.1) is 11.6 Å². The van der Waals surface area contributed by atoms with Crippen LogP contribution in [0.25, 0.3) is 0 Å². The molecule has 3 nitrogen and oxygen atoms in total. The van der Waals surface area contributed by atoms with E-state index in [1.807, 2.05) is 0 Å². The summed E-state index contributed by atoms with van der Waals surface area (Å²) >= 11 is 5.63. The number of ketones is 1. The number of carbonyl (C=O) groups is 1. The van der Waals surface area contributed by atoms with Gasteiger partial charge in [0.2, 0.25) is 0 Å². The Labute approximate surface area is 74.2 Å². The summed E-state index contributed by atoms with van der Waals surface area (Å²) in [6, 6.07) is 0. The molecule has 1 atom stereocenters. The van der Waals surface area contributed by atoms with Crippen LogP contribution in [0, 0.1) is 5.92 Å². The predicted molar refractivity (Wildman–Crippen MR) is 47.5 cm³/mol. The highest BCUT2D eigenvalue weighted by atomic mass is 35.5. The third-order valence-corrected chi connectivity index (χ3v) is 1.91. The second-order valence-electron chi connectivity index (χ2n) is 2.49. The smallest absolute Gasteiger partial charge is 0.171 e. The van der Waals surface area contributed by atoms with Crippen LogP contribution in [0.15, 0.2) is 33.5 Å². The summed E-state index contributed by atoms with van der Waals surface area (Å²) < 4.78 is 0. The lowest BCUT2D eigenvalue weighted by molar-refractivity contribution is -0.114. The van der Waals surface area contributed by atoms with Crippen molar-refractivity contribution < 1.29 is 4.79 Å². The molecule has 0 aromatic heterocycles. The molecule has 0 aromatic rings. The first-order valence-corrected chi connectivity index (χ1v) is 3.84. The normalized spacial score (nSPS) is 26.4. The second kappa shape index (κ2) is 2.68. The molecule has 2 heterocycles. The SMILES string of the molecule is O=C1C=CN=C2C=C(Cl)N=CC12. The van der Waals surface area contributed by atoms with Crippen molar-refractivity contribution in [3.63, 3.8) is 0 Å². The Kier molecular flexibility index (Phi) is 1.66. The third-order valence-electron chi connectivity index (χ3n) is 1.70. The molecule has 12 heavy (non-hydrogen) atoms. The van der Waals surface area contributed by atoms with Crippen LogP contribution in [0.4, 0.5) is 0 Å². The van der Waals surface area contributed by atoms with Crippen LogP contribution >= 0.6 is 11.6 Å². The molecule has 0 fully saturated rings. The molecule has 4 heteroatoms. The highest BCUT2D eigenvalue weighted by molar-refractivity contribution is 6.35. The van der Waals surface area contributed by atoms with Gasteiger partial charge in [0.1, 0.15) is 5.16 Å². The van der Waals surface area contributed by atoms with Gasteiger partial charge in [0, 0.05) is 18.5 Å². The van der Waals surface area contributed by atoms with Crippen molar-refractivity contribution in [1.82, 2.24) is 0 Å². The molecule has 2 aliphatic rings. The molecule has 0 aliphatic carbocycles. The standard InChI is InChI=1S/C8H5ClN2O/c9-8-3-6-5(4-11-8)7(12)1-2-10-6/h1-5H. The summed E-state index contributed by atoms with van der Waals surface area (Å²) in [5.74, 6) is -0.318. The van der Waals surface area contributed by atoms with Crippen molar-refractivity contribution in [1.29, 1.82) is 0 Å². The summed E-state index contributed by atoms with van der Waals surface area (Å²) in [5, 5.41) is 0.369. The molecule has 2 rings (SSSR count). The van der Waals surface area contributed by atoms with Gasteiger partial charge >= 0.3 is 0 Å². The fourth-order valence-electron chi connectivity index (χ4n) is 1.11. The fourth-order valence-corrected chi connectivity index (χ4v) is 1.28. The minimum Gasteiger partial charge on any atom is -0.294 e. The molecule has 0 amide bonds. The number of nitrogens with zero attached hydrogens (tertiary/aromatic N) is 2. The maximum absolute atomic E-state index is 11.2. The Morgan fingerprint density at radius 3 is 3.17 bits per heavy atom. The van der Waals surface area contributed by atoms with Crippen LogP contribution < -0.4 is 0 Å². The van der Waals surface area contributed by atoms with E-state index in [-0.39, 0.29) is 11.7 Å². The fraction of sp³-hybridized carbons (Fsp3) is 0.125. The van der Waals surface area contributed by atoms with Crippen molar-refractivity contribution in [3.05, 3.63) is 23.5 Å². The lowest BCUT2D eigenvalue weighted by atomic mass is 9.96. The summed E-state index contributed by atoms with van der Waals surface area (Å²) in [7, 11) is 0. The van der Waals surface area contributed by atoms with Gasteiger partial charge in [-0.25, -0.2) is 4.99 Å². The summed E-state index contributed by atoms with van der Waals surface area (Å²) in [6.07, 6.45) is 6.04. The van der Waals surface area contributed by atoms with Gasteiger partial charge in [0.25, 0.3) is 0 Å². The molecule has 60 valence electrons. The number of fused-ring (bicyclic) bond motifs is 1. The van der Waals surface area contributed by atoms with Crippen molar-refractivity contribution in [3.8, 4) is 0 Å². The maximum atomic E-state index is 11.2. The Morgan fingerprint density at radius 2 is 2.33 bits per heavy atom. The van der Waals surface area contributed by atoms with Gasteiger partial charge in [-0.2, -0.15) is 0 Å². The van der Waals surface area contributed by atoms with E-state index in [2.05, 4.69) is 9.98 Å². The highest BCUT2D eigenvalue weighted by Crippen LogP contribution is 2.17. The average molecular weight is 181 g/mol. The number of carbonyl (C=O) groups excluding carboxylic acids is 1. The van der Waals surface area contributed by atoms with Crippen LogP contribution in [0.2, 0.25) is 0 Å². The number of rotatable bonds is 0. The molecular weight excluding hydrogens is 176 g/mol. The molecule has 0 spiro atoms. The van der Waals surface area contributed by atoms with Crippen molar-refractivity contribution >= 4 is 29.3 Å². The molecule has 0 N–H and O–H groups in total. The Bertz CT molecular complexity index is 352. The topological polar surface area (TPSA) is 41.8 Å². The van der Waals surface area contributed by atoms with E-state index in [9.17, 15) is 4.79 Å². The van der Waals surface area contributed by atoms with Gasteiger partial charge in [-0.15, -0.1) is 0 Å². The minimum atomic E-state index is -0.322. The Hall–Kier alpha value is -1.22. The minimum absolute atomic E-state index is 0.00386. The zero-order chi connectivity index (χ0) is 8.55. The van der Waals surface area contributed by atoms with Crippen molar-refractivity contribution in [2.45, 2.75) is 0 Å². The number of allylic oxidation sites excluding steroid dienone is 2. The second-order valence-corrected chi connectivity index (χ2v) is 2.88. The van der Waals surface area contributed by atoms with Crippen LogP contribution in [-0.2, 0) is 4.79 Å². The van der Waals surface area contributed by atoms with Crippen molar-refractivity contribution in [2.75, 3.05) is 0 Å². The summed E-state index contributed by atoms with van der Waals surface area (Å²) in [5.41, 5.74) is 0.669. The number of hydrogen-bond donors (Lipinski definition) is 0. The summed E-state index contributed by atoms with van der Waals surface area (Å²) in [4.78, 5) is 19.1. The number of aliphatic imine (C=N–C) groups is 2. The third kappa shape index (κ3) is 1.12.